The van der Waals surface area contributed by atoms with Crippen molar-refractivity contribution >= 4 is 27.5 Å². The van der Waals surface area contributed by atoms with E-state index < -0.39 is 0 Å². The highest BCUT2D eigenvalue weighted by atomic mass is 79.9. The molecule has 0 amide bonds. The minimum Gasteiger partial charge on any atom is -0.328 e. The van der Waals surface area contributed by atoms with E-state index in [1.807, 2.05) is 25.1 Å². The predicted molar refractivity (Wildman–Crippen MR) is 61.1 cm³/mol. The summed E-state index contributed by atoms with van der Waals surface area (Å²) in [6, 6.07) is 6.07. The van der Waals surface area contributed by atoms with Crippen molar-refractivity contribution in [2.24, 2.45) is 5.73 Å². The molecule has 0 heterocycles. The van der Waals surface area contributed by atoms with Crippen LogP contribution in [0.15, 0.2) is 22.7 Å². The molecule has 1 aromatic rings. The molecule has 13 heavy (non-hydrogen) atoms. The molecule has 1 aromatic carbocycles. The normalized spacial score (nSPS) is 12.9. The van der Waals surface area contributed by atoms with Gasteiger partial charge in [0, 0.05) is 15.5 Å². The third-order valence-electron chi connectivity index (χ3n) is 1.88. The Bertz CT molecular complexity index is 286. The molecule has 0 saturated carbocycles. The number of aryl methyl sites for hydroxylation is 1. The Kier molecular flexibility index (Phi) is 4.23. The predicted octanol–water partition coefficient (Wildman–Crippen LogP) is 3.38. The van der Waals surface area contributed by atoms with Crippen molar-refractivity contribution in [3.63, 3.8) is 0 Å². The lowest BCUT2D eigenvalue weighted by atomic mass is 10.1. The van der Waals surface area contributed by atoms with E-state index in [1.54, 1.807) is 0 Å². The molecule has 0 fully saturated rings. The second kappa shape index (κ2) is 4.99. The van der Waals surface area contributed by atoms with Gasteiger partial charge in [-0.05, 0) is 43.5 Å². The number of nitrogens with two attached hydrogens (primary N) is 1. The van der Waals surface area contributed by atoms with Crippen LogP contribution in [-0.2, 0) is 6.42 Å². The molecule has 1 atom stereocenters. The van der Waals surface area contributed by atoms with Gasteiger partial charge in [0.25, 0.3) is 0 Å². The van der Waals surface area contributed by atoms with Gasteiger partial charge in [-0.25, -0.2) is 0 Å². The standard InChI is InChI=1S/C10H13BrClN/c1-7(13)2-3-8-6-9(12)4-5-10(8)11/h4-7H,2-3,13H2,1H3/t7-/m1/s1. The molecule has 0 bridgehead atoms. The van der Waals surface area contributed by atoms with Crippen molar-refractivity contribution in [2.75, 3.05) is 0 Å². The van der Waals surface area contributed by atoms with Crippen LogP contribution in [0.2, 0.25) is 5.02 Å². The first kappa shape index (κ1) is 11.0. The Morgan fingerprint density at radius 2 is 2.23 bits per heavy atom. The summed E-state index contributed by atoms with van der Waals surface area (Å²) in [6.45, 7) is 2.01. The second-order valence-electron chi connectivity index (χ2n) is 3.25. The van der Waals surface area contributed by atoms with E-state index in [0.29, 0.717) is 0 Å². The van der Waals surface area contributed by atoms with Crippen LogP contribution < -0.4 is 5.73 Å². The van der Waals surface area contributed by atoms with Gasteiger partial charge >= 0.3 is 0 Å². The SMILES string of the molecule is C[C@@H](N)CCc1cc(Cl)ccc1Br. The van der Waals surface area contributed by atoms with E-state index in [-0.39, 0.29) is 6.04 Å². The summed E-state index contributed by atoms with van der Waals surface area (Å²) in [5.41, 5.74) is 6.91. The average Bonchev–Trinajstić information content (AvgIpc) is 2.06. The lowest BCUT2D eigenvalue weighted by Gasteiger charge is -2.07. The molecule has 0 aromatic heterocycles. The van der Waals surface area contributed by atoms with Gasteiger partial charge in [0.05, 0.1) is 0 Å². The van der Waals surface area contributed by atoms with Crippen LogP contribution in [0, 0.1) is 0 Å². The molecule has 0 radical (unpaired) electrons. The first-order chi connectivity index (χ1) is 6.09. The molecule has 0 aliphatic rings. The van der Waals surface area contributed by atoms with E-state index in [0.717, 1.165) is 22.3 Å². The number of hydrogen-bond acceptors (Lipinski definition) is 1. The summed E-state index contributed by atoms with van der Waals surface area (Å²) in [4.78, 5) is 0. The zero-order valence-corrected chi connectivity index (χ0v) is 9.90. The Labute approximate surface area is 92.4 Å². The quantitative estimate of drug-likeness (QED) is 0.888. The summed E-state index contributed by atoms with van der Waals surface area (Å²) in [5.74, 6) is 0. The molecule has 72 valence electrons. The third kappa shape index (κ3) is 3.67. The van der Waals surface area contributed by atoms with E-state index >= 15 is 0 Å². The van der Waals surface area contributed by atoms with Crippen molar-refractivity contribution in [1.82, 2.24) is 0 Å². The maximum absolute atomic E-state index is 5.88. The fourth-order valence-electron chi connectivity index (χ4n) is 1.12. The van der Waals surface area contributed by atoms with E-state index in [4.69, 9.17) is 17.3 Å². The summed E-state index contributed by atoms with van der Waals surface area (Å²) in [5, 5.41) is 0.780. The van der Waals surface area contributed by atoms with Crippen LogP contribution in [0.4, 0.5) is 0 Å². The number of hydrogen-bond donors (Lipinski definition) is 1. The van der Waals surface area contributed by atoms with E-state index in [1.165, 1.54) is 5.56 Å². The van der Waals surface area contributed by atoms with Crippen molar-refractivity contribution in [1.29, 1.82) is 0 Å². The van der Waals surface area contributed by atoms with Gasteiger partial charge in [-0.15, -0.1) is 0 Å². The fraction of sp³-hybridized carbons (Fsp3) is 0.400. The van der Waals surface area contributed by atoms with Gasteiger partial charge in [-0.1, -0.05) is 27.5 Å². The zero-order valence-electron chi connectivity index (χ0n) is 7.56. The number of benzene rings is 1. The van der Waals surface area contributed by atoms with Gasteiger partial charge in [0.15, 0.2) is 0 Å². The lowest BCUT2D eigenvalue weighted by Crippen LogP contribution is -2.15. The van der Waals surface area contributed by atoms with Gasteiger partial charge in [0.2, 0.25) is 0 Å². The molecule has 1 rings (SSSR count). The fourth-order valence-corrected chi connectivity index (χ4v) is 1.76. The minimum absolute atomic E-state index is 0.242. The molecule has 0 spiro atoms. The number of halogens is 2. The highest BCUT2D eigenvalue weighted by Crippen LogP contribution is 2.22. The number of rotatable bonds is 3. The van der Waals surface area contributed by atoms with Crippen molar-refractivity contribution in [3.05, 3.63) is 33.3 Å². The Hall–Kier alpha value is -0.0500. The highest BCUT2D eigenvalue weighted by molar-refractivity contribution is 9.10. The van der Waals surface area contributed by atoms with Crippen LogP contribution in [0.1, 0.15) is 18.9 Å². The smallest absolute Gasteiger partial charge is 0.0409 e. The first-order valence-electron chi connectivity index (χ1n) is 4.29. The van der Waals surface area contributed by atoms with E-state index in [9.17, 15) is 0 Å². The largest absolute Gasteiger partial charge is 0.328 e. The molecule has 0 aliphatic heterocycles. The maximum atomic E-state index is 5.88. The van der Waals surface area contributed by atoms with Gasteiger partial charge in [0.1, 0.15) is 0 Å². The maximum Gasteiger partial charge on any atom is 0.0409 e. The summed E-state index contributed by atoms with van der Waals surface area (Å²) < 4.78 is 1.11. The van der Waals surface area contributed by atoms with E-state index in [2.05, 4.69) is 15.9 Å². The molecule has 0 aliphatic carbocycles. The Balaban J connectivity index is 2.70. The zero-order chi connectivity index (χ0) is 9.84. The Morgan fingerprint density at radius 3 is 2.85 bits per heavy atom. The van der Waals surface area contributed by atoms with Crippen LogP contribution >= 0.6 is 27.5 Å². The van der Waals surface area contributed by atoms with Gasteiger partial charge in [-0.2, -0.15) is 0 Å². The summed E-state index contributed by atoms with van der Waals surface area (Å²) >= 11 is 9.36. The molecule has 2 N–H and O–H groups in total. The topological polar surface area (TPSA) is 26.0 Å². The average molecular weight is 263 g/mol. The molecular weight excluding hydrogens is 249 g/mol. The summed E-state index contributed by atoms with van der Waals surface area (Å²) in [7, 11) is 0. The van der Waals surface area contributed by atoms with Gasteiger partial charge < -0.3 is 5.73 Å². The molecule has 1 nitrogen and oxygen atoms in total. The van der Waals surface area contributed by atoms with Crippen LogP contribution in [-0.4, -0.2) is 6.04 Å². The minimum atomic E-state index is 0.242. The third-order valence-corrected chi connectivity index (χ3v) is 2.89. The highest BCUT2D eigenvalue weighted by Gasteiger charge is 2.02. The lowest BCUT2D eigenvalue weighted by molar-refractivity contribution is 0.665. The van der Waals surface area contributed by atoms with Crippen LogP contribution in [0.5, 0.6) is 0 Å². The monoisotopic (exact) mass is 261 g/mol. The molecule has 3 heteroatoms. The summed E-state index contributed by atoms with van der Waals surface area (Å²) in [6.07, 6.45) is 1.96. The second-order valence-corrected chi connectivity index (χ2v) is 4.54. The van der Waals surface area contributed by atoms with Crippen LogP contribution in [0.25, 0.3) is 0 Å². The molecular formula is C10H13BrClN. The van der Waals surface area contributed by atoms with Crippen molar-refractivity contribution in [2.45, 2.75) is 25.8 Å². The van der Waals surface area contributed by atoms with Gasteiger partial charge in [-0.3, -0.25) is 0 Å². The van der Waals surface area contributed by atoms with Crippen molar-refractivity contribution < 1.29 is 0 Å². The van der Waals surface area contributed by atoms with Crippen molar-refractivity contribution in [3.8, 4) is 0 Å². The Morgan fingerprint density at radius 1 is 1.54 bits per heavy atom. The van der Waals surface area contributed by atoms with Crippen LogP contribution in [0.3, 0.4) is 0 Å². The molecule has 0 unspecified atom stereocenters. The molecule has 0 saturated heterocycles. The first-order valence-corrected chi connectivity index (χ1v) is 5.46.